The zero-order chi connectivity index (χ0) is 18.7. The van der Waals surface area contributed by atoms with Crippen molar-refractivity contribution in [3.63, 3.8) is 0 Å². The molecule has 0 bridgehead atoms. The Hall–Kier alpha value is -1.44. The van der Waals surface area contributed by atoms with Crippen LogP contribution in [0, 0.1) is 5.92 Å². The Morgan fingerprint density at radius 1 is 1.23 bits per heavy atom. The van der Waals surface area contributed by atoms with Gasteiger partial charge in [0.1, 0.15) is 5.00 Å². The number of nitrogens with one attached hydrogen (secondary N) is 1. The van der Waals surface area contributed by atoms with Gasteiger partial charge >= 0.3 is 5.97 Å². The Kier molecular flexibility index (Phi) is 6.32. The molecule has 26 heavy (non-hydrogen) atoms. The first-order valence-electron chi connectivity index (χ1n) is 9.49. The van der Waals surface area contributed by atoms with Crippen molar-refractivity contribution >= 4 is 28.2 Å². The third kappa shape index (κ3) is 4.27. The van der Waals surface area contributed by atoms with Crippen molar-refractivity contribution in [1.82, 2.24) is 9.80 Å². The van der Waals surface area contributed by atoms with Gasteiger partial charge in [-0.15, -0.1) is 11.3 Å². The van der Waals surface area contributed by atoms with E-state index in [0.29, 0.717) is 23.0 Å². The quantitative estimate of drug-likeness (QED) is 0.795. The molecule has 1 atom stereocenters. The number of carbonyl (C=O) groups is 2. The highest BCUT2D eigenvalue weighted by Gasteiger charge is 2.29. The van der Waals surface area contributed by atoms with E-state index >= 15 is 0 Å². The van der Waals surface area contributed by atoms with E-state index in [9.17, 15) is 9.59 Å². The summed E-state index contributed by atoms with van der Waals surface area (Å²) in [6.07, 6.45) is 2.92. The van der Waals surface area contributed by atoms with Crippen molar-refractivity contribution in [3.8, 4) is 0 Å². The van der Waals surface area contributed by atoms with Crippen LogP contribution in [-0.4, -0.2) is 68.1 Å². The number of piperazine rings is 1. The van der Waals surface area contributed by atoms with E-state index < -0.39 is 0 Å². The number of carbonyl (C=O) groups excluding carboxylic acids is 2. The molecule has 144 valence electrons. The predicted molar refractivity (Wildman–Crippen MR) is 104 cm³/mol. The van der Waals surface area contributed by atoms with Crippen molar-refractivity contribution in [2.75, 3.05) is 51.7 Å². The molecule has 1 aliphatic heterocycles. The SMILES string of the molecule is CCN1CCN(CC(=O)Nc2sc3c(c2C(=O)OC)CC[C@H](C)C3)CC1. The summed E-state index contributed by atoms with van der Waals surface area (Å²) >= 11 is 1.54. The highest BCUT2D eigenvalue weighted by Crippen LogP contribution is 2.40. The second-order valence-corrected chi connectivity index (χ2v) is 8.41. The number of methoxy groups -OCH3 is 1. The normalized spacial score (nSPS) is 21.3. The lowest BCUT2D eigenvalue weighted by Crippen LogP contribution is -2.48. The first kappa shape index (κ1) is 19.3. The lowest BCUT2D eigenvalue weighted by atomic mass is 9.88. The van der Waals surface area contributed by atoms with Crippen LogP contribution in [0.15, 0.2) is 0 Å². The third-order valence-corrected chi connectivity index (χ3v) is 6.60. The van der Waals surface area contributed by atoms with Gasteiger partial charge < -0.3 is 15.0 Å². The van der Waals surface area contributed by atoms with E-state index in [1.165, 1.54) is 12.0 Å². The number of esters is 1. The Morgan fingerprint density at radius 3 is 2.58 bits per heavy atom. The summed E-state index contributed by atoms with van der Waals surface area (Å²) in [5.41, 5.74) is 1.65. The molecule has 1 aromatic heterocycles. The smallest absolute Gasteiger partial charge is 0.341 e. The van der Waals surface area contributed by atoms with Crippen LogP contribution < -0.4 is 5.32 Å². The molecule has 1 fully saturated rings. The maximum atomic E-state index is 12.6. The first-order valence-corrected chi connectivity index (χ1v) is 10.3. The summed E-state index contributed by atoms with van der Waals surface area (Å²) < 4.78 is 4.98. The maximum Gasteiger partial charge on any atom is 0.341 e. The van der Waals surface area contributed by atoms with E-state index in [-0.39, 0.29) is 11.9 Å². The molecule has 1 aromatic rings. The number of fused-ring (bicyclic) bond motifs is 1. The number of thiophene rings is 1. The molecule has 1 aliphatic carbocycles. The van der Waals surface area contributed by atoms with Crippen LogP contribution in [0.1, 0.15) is 41.1 Å². The van der Waals surface area contributed by atoms with Gasteiger partial charge in [0.25, 0.3) is 0 Å². The molecule has 0 unspecified atom stereocenters. The molecular formula is C19H29N3O3S. The lowest BCUT2D eigenvalue weighted by Gasteiger charge is -2.33. The summed E-state index contributed by atoms with van der Waals surface area (Å²) in [6.45, 7) is 9.64. The highest BCUT2D eigenvalue weighted by atomic mass is 32.1. The van der Waals surface area contributed by atoms with E-state index in [2.05, 4.69) is 29.0 Å². The minimum Gasteiger partial charge on any atom is -0.465 e. The van der Waals surface area contributed by atoms with Gasteiger partial charge in [-0.2, -0.15) is 0 Å². The minimum atomic E-state index is -0.344. The van der Waals surface area contributed by atoms with Gasteiger partial charge in [0.05, 0.1) is 19.2 Å². The van der Waals surface area contributed by atoms with E-state index in [1.54, 1.807) is 11.3 Å². The van der Waals surface area contributed by atoms with Gasteiger partial charge in [0.2, 0.25) is 5.91 Å². The van der Waals surface area contributed by atoms with E-state index in [1.807, 2.05) is 0 Å². The molecule has 0 radical (unpaired) electrons. The van der Waals surface area contributed by atoms with Gasteiger partial charge in [-0.3, -0.25) is 9.69 Å². The topological polar surface area (TPSA) is 61.9 Å². The summed E-state index contributed by atoms with van der Waals surface area (Å²) in [5, 5.41) is 3.65. The van der Waals surface area contributed by atoms with Gasteiger partial charge in [0, 0.05) is 31.1 Å². The fourth-order valence-electron chi connectivity index (χ4n) is 3.79. The number of rotatable bonds is 5. The van der Waals surface area contributed by atoms with E-state index in [0.717, 1.165) is 57.5 Å². The molecule has 0 aromatic carbocycles. The molecule has 0 saturated carbocycles. The first-order chi connectivity index (χ1) is 12.5. The molecule has 2 aliphatic rings. The van der Waals surface area contributed by atoms with Crippen LogP contribution in [0.2, 0.25) is 0 Å². The Labute approximate surface area is 159 Å². The van der Waals surface area contributed by atoms with E-state index in [4.69, 9.17) is 4.74 Å². The van der Waals surface area contributed by atoms with Crippen LogP contribution in [0.25, 0.3) is 0 Å². The standard InChI is InChI=1S/C19H29N3O3S/c1-4-21-7-9-22(10-8-21)12-16(23)20-18-17(19(24)25-3)14-6-5-13(2)11-15(14)26-18/h13H,4-12H2,1-3H3,(H,20,23)/t13-/m0/s1. The van der Waals surface area contributed by atoms with Crippen molar-refractivity contribution in [2.45, 2.75) is 33.1 Å². The average molecular weight is 380 g/mol. The van der Waals surface area contributed by atoms with Gasteiger partial charge in [0.15, 0.2) is 0 Å². The van der Waals surface area contributed by atoms with Gasteiger partial charge in [-0.1, -0.05) is 13.8 Å². The monoisotopic (exact) mass is 379 g/mol. The Bertz CT molecular complexity index is 665. The second-order valence-electron chi connectivity index (χ2n) is 7.31. The summed E-state index contributed by atoms with van der Waals surface area (Å²) in [5.74, 6) is 0.223. The zero-order valence-electron chi connectivity index (χ0n) is 16.0. The predicted octanol–water partition coefficient (Wildman–Crippen LogP) is 2.24. The summed E-state index contributed by atoms with van der Waals surface area (Å²) in [7, 11) is 1.40. The molecule has 0 spiro atoms. The molecule has 1 N–H and O–H groups in total. The van der Waals surface area contributed by atoms with Crippen molar-refractivity contribution in [3.05, 3.63) is 16.0 Å². The van der Waals surface area contributed by atoms with Crippen LogP contribution in [-0.2, 0) is 22.4 Å². The summed E-state index contributed by atoms with van der Waals surface area (Å²) in [6, 6.07) is 0. The number of amides is 1. The molecular weight excluding hydrogens is 350 g/mol. The number of ether oxygens (including phenoxy) is 1. The highest BCUT2D eigenvalue weighted by molar-refractivity contribution is 7.17. The third-order valence-electron chi connectivity index (χ3n) is 5.43. The molecule has 1 saturated heterocycles. The number of anilines is 1. The summed E-state index contributed by atoms with van der Waals surface area (Å²) in [4.78, 5) is 30.6. The minimum absolute atomic E-state index is 0.0493. The van der Waals surface area contributed by atoms with Crippen molar-refractivity contribution < 1.29 is 14.3 Å². The Balaban J connectivity index is 1.69. The van der Waals surface area contributed by atoms with Gasteiger partial charge in [-0.05, 0) is 37.3 Å². The van der Waals surface area contributed by atoms with Crippen molar-refractivity contribution in [2.24, 2.45) is 5.92 Å². The number of hydrogen-bond acceptors (Lipinski definition) is 6. The zero-order valence-corrected chi connectivity index (χ0v) is 16.8. The number of likely N-dealkylation sites (N-methyl/N-ethyl adjacent to an activating group) is 1. The van der Waals surface area contributed by atoms with Gasteiger partial charge in [-0.25, -0.2) is 4.79 Å². The molecule has 3 rings (SSSR count). The van der Waals surface area contributed by atoms with Crippen LogP contribution in [0.3, 0.4) is 0 Å². The second kappa shape index (κ2) is 8.50. The van der Waals surface area contributed by atoms with Crippen LogP contribution in [0.5, 0.6) is 0 Å². The fraction of sp³-hybridized carbons (Fsp3) is 0.684. The molecule has 6 nitrogen and oxygen atoms in total. The van der Waals surface area contributed by atoms with Crippen molar-refractivity contribution in [1.29, 1.82) is 0 Å². The number of hydrogen-bond donors (Lipinski definition) is 1. The van der Waals surface area contributed by atoms with Crippen LogP contribution in [0.4, 0.5) is 5.00 Å². The largest absolute Gasteiger partial charge is 0.465 e. The Morgan fingerprint density at radius 2 is 1.92 bits per heavy atom. The fourth-order valence-corrected chi connectivity index (χ4v) is 5.20. The molecule has 2 heterocycles. The molecule has 1 amide bonds. The van der Waals surface area contributed by atoms with Crippen LogP contribution >= 0.6 is 11.3 Å². The number of nitrogens with zero attached hydrogens (tertiary/aromatic N) is 2. The average Bonchev–Trinajstić information content (AvgIpc) is 2.98. The molecule has 7 heteroatoms. The maximum absolute atomic E-state index is 12.6. The lowest BCUT2D eigenvalue weighted by molar-refractivity contribution is -0.117.